The van der Waals surface area contributed by atoms with Gasteiger partial charge in [0.25, 0.3) is 0 Å². The van der Waals surface area contributed by atoms with Crippen LogP contribution in [0.25, 0.3) is 11.0 Å². The molecule has 0 amide bonds. The van der Waals surface area contributed by atoms with Gasteiger partial charge in [-0.2, -0.15) is 0 Å². The number of H-pyrrole nitrogens is 2. The third kappa shape index (κ3) is 2.43. The van der Waals surface area contributed by atoms with E-state index in [1.165, 1.54) is 0 Å². The quantitative estimate of drug-likeness (QED) is 0.473. The first kappa shape index (κ1) is 11.6. The van der Waals surface area contributed by atoms with Crippen LogP contribution in [0.3, 0.4) is 0 Å². The lowest BCUT2D eigenvalue weighted by atomic mass is 10.2. The average Bonchev–Trinajstić information content (AvgIpc) is 2.69. The largest absolute Gasteiger partial charge is 0.504 e. The maximum absolute atomic E-state index is 11.1. The van der Waals surface area contributed by atoms with E-state index < -0.39 is 0 Å². The molecule has 0 aliphatic rings. The molecule has 0 fully saturated rings. The predicted octanol–water partition coefficient (Wildman–Crippen LogP) is 2.16. The van der Waals surface area contributed by atoms with Crippen LogP contribution in [-0.2, 0) is 0 Å². The number of imidazole rings is 1. The highest BCUT2D eigenvalue weighted by Gasteiger charge is 2.08. The van der Waals surface area contributed by atoms with Crippen LogP contribution in [-0.4, -0.2) is 21.6 Å². The van der Waals surface area contributed by atoms with E-state index in [-0.39, 0.29) is 11.4 Å². The van der Waals surface area contributed by atoms with Gasteiger partial charge in [0.2, 0.25) is 0 Å². The minimum atomic E-state index is -0.307. The van der Waals surface area contributed by atoms with Crippen molar-refractivity contribution in [3.05, 3.63) is 22.6 Å². The van der Waals surface area contributed by atoms with E-state index in [2.05, 4.69) is 22.2 Å². The lowest BCUT2D eigenvalue weighted by Gasteiger charge is -2.08. The van der Waals surface area contributed by atoms with Crippen molar-refractivity contribution in [3.8, 4) is 5.75 Å². The smallest absolute Gasteiger partial charge is 0.323 e. The molecule has 0 spiro atoms. The fraction of sp³-hybridized carbons (Fsp3) is 0.417. The molecule has 1 aromatic carbocycles. The normalized spacial score (nSPS) is 10.9. The molecule has 1 heterocycles. The van der Waals surface area contributed by atoms with Crippen molar-refractivity contribution in [2.24, 2.45) is 0 Å². The Bertz CT molecular complexity index is 556. The summed E-state index contributed by atoms with van der Waals surface area (Å²) in [6.07, 6.45) is 3.40. The van der Waals surface area contributed by atoms with Crippen LogP contribution in [0, 0.1) is 0 Å². The molecule has 0 radical (unpaired) electrons. The van der Waals surface area contributed by atoms with Gasteiger partial charge < -0.3 is 20.4 Å². The zero-order valence-corrected chi connectivity index (χ0v) is 9.84. The standard InChI is InChI=1S/C12H17N3O2/c1-2-3-4-7-13-9-6-5-8-10(11(9)16)15-12(17)14-8/h5-6,13,16H,2-4,7H2,1H3,(H2,14,15,17). The predicted molar refractivity (Wildman–Crippen MR) is 68.6 cm³/mol. The van der Waals surface area contributed by atoms with Crippen LogP contribution < -0.4 is 11.0 Å². The number of hydrogen-bond donors (Lipinski definition) is 4. The summed E-state index contributed by atoms with van der Waals surface area (Å²) in [7, 11) is 0. The minimum absolute atomic E-state index is 0.0948. The van der Waals surface area contributed by atoms with Crippen molar-refractivity contribution in [3.63, 3.8) is 0 Å². The van der Waals surface area contributed by atoms with Crippen LogP contribution >= 0.6 is 0 Å². The Balaban J connectivity index is 2.17. The molecule has 92 valence electrons. The maximum atomic E-state index is 11.1. The molecule has 0 unspecified atom stereocenters. The Morgan fingerprint density at radius 3 is 2.88 bits per heavy atom. The summed E-state index contributed by atoms with van der Waals surface area (Å²) < 4.78 is 0. The van der Waals surface area contributed by atoms with E-state index in [0.717, 1.165) is 25.8 Å². The van der Waals surface area contributed by atoms with Gasteiger partial charge in [-0.25, -0.2) is 4.79 Å². The third-order valence-electron chi connectivity index (χ3n) is 2.76. The van der Waals surface area contributed by atoms with Crippen molar-refractivity contribution in [2.75, 3.05) is 11.9 Å². The number of fused-ring (bicyclic) bond motifs is 1. The van der Waals surface area contributed by atoms with Gasteiger partial charge in [-0.3, -0.25) is 0 Å². The molecule has 2 aromatic rings. The molecular weight excluding hydrogens is 218 g/mol. The summed E-state index contributed by atoms with van der Waals surface area (Å²) in [6.45, 7) is 2.97. The van der Waals surface area contributed by atoms with Crippen molar-refractivity contribution < 1.29 is 5.11 Å². The molecule has 0 aliphatic heterocycles. The zero-order valence-electron chi connectivity index (χ0n) is 9.84. The number of phenols is 1. The number of phenolic OH excluding ortho intramolecular Hbond substituents is 1. The highest BCUT2D eigenvalue weighted by Crippen LogP contribution is 2.29. The summed E-state index contributed by atoms with van der Waals surface area (Å²) >= 11 is 0. The van der Waals surface area contributed by atoms with Crippen molar-refractivity contribution in [1.82, 2.24) is 9.97 Å². The van der Waals surface area contributed by atoms with E-state index >= 15 is 0 Å². The van der Waals surface area contributed by atoms with E-state index in [1.54, 1.807) is 12.1 Å². The Kier molecular flexibility index (Phi) is 3.37. The van der Waals surface area contributed by atoms with E-state index in [0.29, 0.717) is 16.7 Å². The second-order valence-electron chi connectivity index (χ2n) is 4.10. The average molecular weight is 235 g/mol. The summed E-state index contributed by atoms with van der Waals surface area (Å²) in [4.78, 5) is 16.3. The van der Waals surface area contributed by atoms with Crippen molar-refractivity contribution >= 4 is 16.7 Å². The van der Waals surface area contributed by atoms with E-state index in [4.69, 9.17) is 0 Å². The summed E-state index contributed by atoms with van der Waals surface area (Å²) in [5.74, 6) is 0.0948. The molecule has 0 aliphatic carbocycles. The second-order valence-corrected chi connectivity index (χ2v) is 4.10. The van der Waals surface area contributed by atoms with E-state index in [1.807, 2.05) is 0 Å². The number of anilines is 1. The SMILES string of the molecule is CCCCCNc1ccc2[nH]c(=O)[nH]c2c1O. The van der Waals surface area contributed by atoms with Gasteiger partial charge in [0.15, 0.2) is 5.75 Å². The summed E-state index contributed by atoms with van der Waals surface area (Å²) in [5, 5.41) is 13.1. The summed E-state index contributed by atoms with van der Waals surface area (Å²) in [6, 6.07) is 3.54. The van der Waals surface area contributed by atoms with Crippen LogP contribution in [0.1, 0.15) is 26.2 Å². The first-order valence-electron chi connectivity index (χ1n) is 5.90. The first-order chi connectivity index (χ1) is 8.22. The highest BCUT2D eigenvalue weighted by molar-refractivity contribution is 5.87. The molecule has 0 saturated carbocycles. The van der Waals surface area contributed by atoms with Gasteiger partial charge in [0.1, 0.15) is 5.52 Å². The molecule has 17 heavy (non-hydrogen) atoms. The summed E-state index contributed by atoms with van der Waals surface area (Å²) in [5.41, 5.74) is 1.42. The fourth-order valence-corrected chi connectivity index (χ4v) is 1.83. The Labute approximate surface area is 98.9 Å². The number of nitrogens with one attached hydrogen (secondary N) is 3. The Morgan fingerprint density at radius 2 is 2.12 bits per heavy atom. The number of rotatable bonds is 5. The maximum Gasteiger partial charge on any atom is 0.323 e. The first-order valence-corrected chi connectivity index (χ1v) is 5.90. The second kappa shape index (κ2) is 4.95. The topological polar surface area (TPSA) is 80.9 Å². The molecule has 0 bridgehead atoms. The Morgan fingerprint density at radius 1 is 1.29 bits per heavy atom. The van der Waals surface area contributed by atoms with Gasteiger partial charge in [-0.1, -0.05) is 19.8 Å². The number of hydrogen-bond acceptors (Lipinski definition) is 3. The van der Waals surface area contributed by atoms with Gasteiger partial charge in [-0.15, -0.1) is 0 Å². The Hall–Kier alpha value is -1.91. The van der Waals surface area contributed by atoms with Gasteiger partial charge in [0.05, 0.1) is 11.2 Å². The van der Waals surface area contributed by atoms with Crippen LogP contribution in [0.5, 0.6) is 5.75 Å². The molecule has 5 heteroatoms. The molecule has 5 nitrogen and oxygen atoms in total. The molecular formula is C12H17N3O2. The number of aromatic nitrogens is 2. The van der Waals surface area contributed by atoms with Crippen molar-refractivity contribution in [2.45, 2.75) is 26.2 Å². The number of aromatic amines is 2. The van der Waals surface area contributed by atoms with Crippen LogP contribution in [0.4, 0.5) is 5.69 Å². The molecule has 4 N–H and O–H groups in total. The van der Waals surface area contributed by atoms with Gasteiger partial charge in [-0.05, 0) is 18.6 Å². The zero-order chi connectivity index (χ0) is 12.3. The third-order valence-corrected chi connectivity index (χ3v) is 2.76. The lowest BCUT2D eigenvalue weighted by Crippen LogP contribution is -2.01. The molecule has 2 rings (SSSR count). The van der Waals surface area contributed by atoms with E-state index in [9.17, 15) is 9.90 Å². The number of benzene rings is 1. The monoisotopic (exact) mass is 235 g/mol. The molecule has 1 aromatic heterocycles. The van der Waals surface area contributed by atoms with Crippen molar-refractivity contribution in [1.29, 1.82) is 0 Å². The van der Waals surface area contributed by atoms with Crippen LogP contribution in [0.2, 0.25) is 0 Å². The fourth-order valence-electron chi connectivity index (χ4n) is 1.83. The number of aromatic hydroxyl groups is 1. The van der Waals surface area contributed by atoms with Gasteiger partial charge >= 0.3 is 5.69 Å². The van der Waals surface area contributed by atoms with Gasteiger partial charge in [0, 0.05) is 6.54 Å². The number of unbranched alkanes of at least 4 members (excludes halogenated alkanes) is 2. The van der Waals surface area contributed by atoms with Crippen LogP contribution in [0.15, 0.2) is 16.9 Å². The molecule has 0 saturated heterocycles. The minimum Gasteiger partial charge on any atom is -0.504 e. The lowest BCUT2D eigenvalue weighted by molar-refractivity contribution is 0.482. The molecule has 0 atom stereocenters. The highest BCUT2D eigenvalue weighted by atomic mass is 16.3.